The first-order chi connectivity index (χ1) is 22.6. The third kappa shape index (κ3) is 19.9. The first-order valence-electron chi connectivity index (χ1n) is 13.7. The Kier molecular flexibility index (Phi) is 20.3. The molecular weight excluding hydrogens is 677 g/mol. The lowest BCUT2D eigenvalue weighted by atomic mass is 10.1. The predicted molar refractivity (Wildman–Crippen MR) is 194 cm³/mol. The quantitative estimate of drug-likeness (QED) is 0.312. The van der Waals surface area contributed by atoms with Crippen LogP contribution in [0.1, 0.15) is 41.5 Å². The van der Waals surface area contributed by atoms with E-state index in [1.54, 1.807) is 41.5 Å². The van der Waals surface area contributed by atoms with Crippen LogP contribution in [0, 0.1) is 0 Å². The number of rotatable bonds is 6. The summed E-state index contributed by atoms with van der Waals surface area (Å²) in [6, 6.07) is 9.87. The molecule has 0 aliphatic rings. The van der Waals surface area contributed by atoms with Crippen molar-refractivity contribution < 1.29 is 25.3 Å². The Morgan fingerprint density at radius 2 is 0.714 bits per heavy atom. The van der Waals surface area contributed by atoms with E-state index in [0.717, 1.165) is 12.1 Å². The van der Waals surface area contributed by atoms with Crippen molar-refractivity contribution in [3.63, 3.8) is 0 Å². The standard InChI is InChI=1S/C20H28N2O6S3.C8H4.C7H4.C3H4/c1-19(2,3)21-30(25,26)17-11-7-9-15(13-17)29(23,24)16-10-8-12-18(14-16)31(27,28)22-20(4,5)6;1-3-5-7-8-6-4-2;1-3-5-7-6-4-2;1-3-2/h7-14,21-22H,1-6H3;1-2H2;1-2H2;1-2H2. The average Bonchev–Trinajstić information content (AvgIpc) is 2.99. The van der Waals surface area contributed by atoms with Crippen LogP contribution in [0.3, 0.4) is 0 Å². The van der Waals surface area contributed by atoms with Crippen LogP contribution < -0.4 is 9.44 Å². The summed E-state index contributed by atoms with van der Waals surface area (Å²) in [7, 11) is -12.1. The fourth-order valence-corrected chi connectivity index (χ4v) is 7.38. The summed E-state index contributed by atoms with van der Waals surface area (Å²) in [5, 5.41) is 0. The van der Waals surface area contributed by atoms with Crippen molar-refractivity contribution in [3.8, 4) is 0 Å². The van der Waals surface area contributed by atoms with E-state index >= 15 is 0 Å². The molecule has 8 nitrogen and oxygen atoms in total. The molecule has 0 fully saturated rings. The Morgan fingerprint density at radius 1 is 0.469 bits per heavy atom. The van der Waals surface area contributed by atoms with Gasteiger partial charge < -0.3 is 0 Å². The highest BCUT2D eigenvalue weighted by molar-refractivity contribution is 7.92. The molecule has 0 amide bonds. The molecule has 256 valence electrons. The topological polar surface area (TPSA) is 126 Å². The molecule has 0 heterocycles. The molecule has 2 aromatic rings. The third-order valence-corrected chi connectivity index (χ3v) is 9.66. The second-order valence-corrected chi connectivity index (χ2v) is 16.3. The van der Waals surface area contributed by atoms with Gasteiger partial charge in [-0.1, -0.05) is 48.2 Å². The van der Waals surface area contributed by atoms with Crippen molar-refractivity contribution in [2.24, 2.45) is 0 Å². The summed E-state index contributed by atoms with van der Waals surface area (Å²) < 4.78 is 81.6. The van der Waals surface area contributed by atoms with Gasteiger partial charge in [0.25, 0.3) is 0 Å². The van der Waals surface area contributed by atoms with E-state index < -0.39 is 41.0 Å². The molecule has 0 bridgehead atoms. The van der Waals surface area contributed by atoms with Crippen LogP contribution in [0.5, 0.6) is 0 Å². The molecule has 0 aliphatic heterocycles. The second-order valence-electron chi connectivity index (χ2n) is 11.0. The van der Waals surface area contributed by atoms with Gasteiger partial charge in [0.2, 0.25) is 29.9 Å². The highest BCUT2D eigenvalue weighted by Gasteiger charge is 2.27. The molecule has 0 saturated carbocycles. The van der Waals surface area contributed by atoms with E-state index in [1.807, 2.05) is 0 Å². The van der Waals surface area contributed by atoms with Crippen LogP contribution in [0.4, 0.5) is 0 Å². The monoisotopic (exact) mass is 716 g/mol. The summed E-state index contributed by atoms with van der Waals surface area (Å²) in [4.78, 5) is -0.937. The van der Waals surface area contributed by atoms with Crippen molar-refractivity contribution in [2.45, 2.75) is 72.2 Å². The molecular formula is C38H40N2O6S3. The maximum absolute atomic E-state index is 13.1. The van der Waals surface area contributed by atoms with Crippen molar-refractivity contribution in [1.29, 1.82) is 0 Å². The smallest absolute Gasteiger partial charge is 0.219 e. The summed E-state index contributed by atoms with van der Waals surface area (Å²) >= 11 is 0. The zero-order valence-electron chi connectivity index (χ0n) is 28.5. The maximum Gasteiger partial charge on any atom is 0.241 e. The van der Waals surface area contributed by atoms with Crippen molar-refractivity contribution in [3.05, 3.63) is 157 Å². The van der Waals surface area contributed by atoms with E-state index in [-0.39, 0.29) is 19.6 Å². The average molecular weight is 717 g/mol. The number of nitrogens with one attached hydrogen (secondary N) is 2. The summed E-state index contributed by atoms with van der Waals surface area (Å²) in [5.41, 5.74) is 27.2. The minimum Gasteiger partial charge on any atom is -0.219 e. The van der Waals surface area contributed by atoms with E-state index in [9.17, 15) is 25.3 Å². The summed E-state index contributed by atoms with van der Waals surface area (Å²) in [6.07, 6.45) is 0. The molecule has 0 atom stereocenters. The zero-order chi connectivity index (χ0) is 38.4. The highest BCUT2D eigenvalue weighted by atomic mass is 32.2. The fourth-order valence-electron chi connectivity index (χ4n) is 2.95. The lowest BCUT2D eigenvalue weighted by Gasteiger charge is -2.21. The first kappa shape index (κ1) is 45.9. The van der Waals surface area contributed by atoms with Gasteiger partial charge in [0.05, 0.1) is 19.6 Å². The van der Waals surface area contributed by atoms with Gasteiger partial charge >= 0.3 is 0 Å². The van der Waals surface area contributed by atoms with E-state index in [4.69, 9.17) is 0 Å². The number of sulfone groups is 1. The third-order valence-electron chi connectivity index (χ3n) is 4.40. The van der Waals surface area contributed by atoms with Crippen molar-refractivity contribution in [1.82, 2.24) is 9.44 Å². The molecule has 0 aromatic heterocycles. The molecule has 0 spiro atoms. The predicted octanol–water partition coefficient (Wildman–Crippen LogP) is 6.94. The SMILES string of the molecule is C=C=C.C=C=C=C=C=C=C.C=C=C=C=C=C=C=C.CC(C)(C)NS(=O)(=O)c1cccc(S(=O)(=O)c2cccc(S(=O)(=O)NC(C)(C)C)c2)c1. The van der Waals surface area contributed by atoms with Gasteiger partial charge in [-0.3, -0.25) is 0 Å². The van der Waals surface area contributed by atoms with Crippen molar-refractivity contribution >= 4 is 29.9 Å². The molecule has 0 saturated heterocycles. The maximum atomic E-state index is 13.1. The van der Waals surface area contributed by atoms with Gasteiger partial charge in [-0.25, -0.2) is 34.7 Å². The van der Waals surface area contributed by atoms with Gasteiger partial charge in [0, 0.05) is 11.1 Å². The van der Waals surface area contributed by atoms with Crippen LogP contribution in [0.15, 0.2) is 176 Å². The first-order valence-corrected chi connectivity index (χ1v) is 18.2. The lowest BCUT2D eigenvalue weighted by Crippen LogP contribution is -2.40. The number of hydrogen-bond donors (Lipinski definition) is 2. The minimum atomic E-state index is -4.18. The molecule has 0 unspecified atom stereocenters. The number of hydrogen-bond acceptors (Lipinski definition) is 6. The molecule has 2 rings (SSSR count). The van der Waals surface area contributed by atoms with Crippen LogP contribution in [-0.4, -0.2) is 36.3 Å². The van der Waals surface area contributed by atoms with Gasteiger partial charge in [-0.05, 0) is 144 Å². The Labute approximate surface area is 292 Å². The molecule has 2 aromatic carbocycles. The van der Waals surface area contributed by atoms with Gasteiger partial charge in [-0.2, -0.15) is 0 Å². The van der Waals surface area contributed by atoms with E-state index in [2.05, 4.69) is 118 Å². The Bertz CT molecular complexity index is 2120. The van der Waals surface area contributed by atoms with Gasteiger partial charge in [0.15, 0.2) is 0 Å². The van der Waals surface area contributed by atoms with Gasteiger partial charge in [-0.15, -0.1) is 5.73 Å². The normalized spacial score (nSPS) is 10.0. The lowest BCUT2D eigenvalue weighted by molar-refractivity contribution is 0.489. The van der Waals surface area contributed by atoms with Crippen LogP contribution >= 0.6 is 0 Å². The summed E-state index contributed by atoms with van der Waals surface area (Å²) in [5.74, 6) is 0. The van der Waals surface area contributed by atoms with E-state index in [1.165, 1.54) is 36.4 Å². The minimum absolute atomic E-state index is 0.207. The summed E-state index contributed by atoms with van der Waals surface area (Å²) in [6.45, 7) is 29.3. The Hall–Kier alpha value is -5.21. The fraction of sp³-hybridized carbons (Fsp3) is 0.211. The van der Waals surface area contributed by atoms with Crippen LogP contribution in [0.2, 0.25) is 0 Å². The zero-order valence-corrected chi connectivity index (χ0v) is 31.0. The van der Waals surface area contributed by atoms with Gasteiger partial charge in [0.1, 0.15) is 0 Å². The molecule has 2 N–H and O–H groups in total. The van der Waals surface area contributed by atoms with Crippen LogP contribution in [-0.2, 0) is 29.9 Å². The molecule has 49 heavy (non-hydrogen) atoms. The van der Waals surface area contributed by atoms with Crippen molar-refractivity contribution in [2.75, 3.05) is 0 Å². The number of sulfonamides is 2. The van der Waals surface area contributed by atoms with E-state index in [0.29, 0.717) is 0 Å². The largest absolute Gasteiger partial charge is 0.241 e. The highest BCUT2D eigenvalue weighted by Crippen LogP contribution is 2.26. The number of benzene rings is 2. The molecule has 0 aliphatic carbocycles. The Morgan fingerprint density at radius 3 is 0.959 bits per heavy atom. The molecule has 11 heteroatoms. The Balaban J connectivity index is 0. The second kappa shape index (κ2) is 21.6. The molecule has 0 radical (unpaired) electrons. The van der Waals surface area contributed by atoms with Crippen LogP contribution in [0.25, 0.3) is 0 Å².